The molecular weight excluding hydrogens is 246 g/mol. The number of aryl methyl sites for hydroxylation is 1. The molecular formula is C14H21NO2S. The van der Waals surface area contributed by atoms with E-state index in [1.165, 1.54) is 30.2 Å². The third-order valence-corrected chi connectivity index (χ3v) is 3.46. The smallest absolute Gasteiger partial charge is 0.234 e. The lowest BCUT2D eigenvalue weighted by molar-refractivity contribution is -0.113. The van der Waals surface area contributed by atoms with Crippen LogP contribution in [0.2, 0.25) is 0 Å². The van der Waals surface area contributed by atoms with Gasteiger partial charge in [0, 0.05) is 11.4 Å². The van der Waals surface area contributed by atoms with Crippen LogP contribution in [0.4, 0.5) is 5.69 Å². The van der Waals surface area contributed by atoms with Crippen molar-refractivity contribution in [3.63, 3.8) is 0 Å². The summed E-state index contributed by atoms with van der Waals surface area (Å²) in [5.41, 5.74) is 2.15. The molecule has 0 aliphatic carbocycles. The summed E-state index contributed by atoms with van der Waals surface area (Å²) in [5, 5.41) is 11.5. The van der Waals surface area contributed by atoms with Crippen LogP contribution in [-0.4, -0.2) is 29.1 Å². The summed E-state index contributed by atoms with van der Waals surface area (Å²) in [4.78, 5) is 11.5. The van der Waals surface area contributed by atoms with Crippen LogP contribution in [0.15, 0.2) is 24.3 Å². The van der Waals surface area contributed by atoms with E-state index in [2.05, 4.69) is 24.4 Å². The molecule has 1 rings (SSSR count). The molecule has 100 valence electrons. The van der Waals surface area contributed by atoms with E-state index in [4.69, 9.17) is 5.11 Å². The summed E-state index contributed by atoms with van der Waals surface area (Å²) < 4.78 is 0. The van der Waals surface area contributed by atoms with E-state index in [1.54, 1.807) is 0 Å². The van der Waals surface area contributed by atoms with Gasteiger partial charge < -0.3 is 10.4 Å². The Morgan fingerprint density at radius 3 is 2.67 bits per heavy atom. The predicted molar refractivity (Wildman–Crippen MR) is 78.1 cm³/mol. The van der Waals surface area contributed by atoms with Crippen LogP contribution >= 0.6 is 11.8 Å². The quantitative estimate of drug-likeness (QED) is 0.712. The van der Waals surface area contributed by atoms with Gasteiger partial charge in [0.25, 0.3) is 0 Å². The topological polar surface area (TPSA) is 49.3 Å². The monoisotopic (exact) mass is 267 g/mol. The Labute approximate surface area is 113 Å². The van der Waals surface area contributed by atoms with Crippen LogP contribution in [0.25, 0.3) is 0 Å². The highest BCUT2D eigenvalue weighted by Crippen LogP contribution is 2.12. The second-order valence-electron chi connectivity index (χ2n) is 4.12. The van der Waals surface area contributed by atoms with Gasteiger partial charge in [-0.1, -0.05) is 25.5 Å². The molecule has 0 radical (unpaired) electrons. The molecule has 3 nitrogen and oxygen atoms in total. The average Bonchev–Trinajstić information content (AvgIpc) is 2.38. The van der Waals surface area contributed by atoms with Gasteiger partial charge in [-0.05, 0) is 30.5 Å². The number of carbonyl (C=O) groups is 1. The molecule has 0 unspecified atom stereocenters. The van der Waals surface area contributed by atoms with Crippen molar-refractivity contribution in [1.29, 1.82) is 0 Å². The van der Waals surface area contributed by atoms with E-state index < -0.39 is 0 Å². The summed E-state index contributed by atoms with van der Waals surface area (Å²) >= 11 is 1.43. The standard InChI is InChI=1S/C14H21NO2S/c1-2-3-4-12-5-7-13(8-6-12)15-14(17)11-18-10-9-16/h5-8,16H,2-4,9-11H2,1H3,(H,15,17). The van der Waals surface area contributed by atoms with Gasteiger partial charge in [-0.15, -0.1) is 11.8 Å². The van der Waals surface area contributed by atoms with Crippen LogP contribution in [0, 0.1) is 0 Å². The minimum atomic E-state index is -0.0187. The molecule has 4 heteroatoms. The van der Waals surface area contributed by atoms with Crippen molar-refractivity contribution < 1.29 is 9.90 Å². The Balaban J connectivity index is 2.35. The maximum Gasteiger partial charge on any atom is 0.234 e. The van der Waals surface area contributed by atoms with Gasteiger partial charge in [0.15, 0.2) is 0 Å². The van der Waals surface area contributed by atoms with Gasteiger partial charge in [-0.3, -0.25) is 4.79 Å². The van der Waals surface area contributed by atoms with Crippen molar-refractivity contribution in [2.75, 3.05) is 23.4 Å². The summed E-state index contributed by atoms with van der Waals surface area (Å²) in [7, 11) is 0. The minimum absolute atomic E-state index is 0.0187. The summed E-state index contributed by atoms with van der Waals surface area (Å²) in [6, 6.07) is 8.01. The Morgan fingerprint density at radius 2 is 2.06 bits per heavy atom. The highest BCUT2D eigenvalue weighted by molar-refractivity contribution is 7.99. The van der Waals surface area contributed by atoms with E-state index in [0.29, 0.717) is 11.5 Å². The largest absolute Gasteiger partial charge is 0.396 e. The number of unbranched alkanes of at least 4 members (excludes halogenated alkanes) is 1. The molecule has 0 heterocycles. The van der Waals surface area contributed by atoms with E-state index >= 15 is 0 Å². The lowest BCUT2D eigenvalue weighted by Crippen LogP contribution is -2.14. The van der Waals surface area contributed by atoms with Gasteiger partial charge in [-0.2, -0.15) is 0 Å². The molecule has 0 aliphatic heterocycles. The number of aliphatic hydroxyl groups is 1. The van der Waals surface area contributed by atoms with Crippen LogP contribution < -0.4 is 5.32 Å². The second-order valence-corrected chi connectivity index (χ2v) is 5.23. The van der Waals surface area contributed by atoms with Crippen molar-refractivity contribution in [3.8, 4) is 0 Å². The number of anilines is 1. The SMILES string of the molecule is CCCCc1ccc(NC(=O)CSCCO)cc1. The number of carbonyl (C=O) groups excluding carboxylic acids is 1. The minimum Gasteiger partial charge on any atom is -0.396 e. The molecule has 1 aromatic rings. The van der Waals surface area contributed by atoms with Crippen molar-refractivity contribution in [1.82, 2.24) is 0 Å². The molecule has 0 fully saturated rings. The maximum absolute atomic E-state index is 11.5. The molecule has 0 spiro atoms. The third-order valence-electron chi connectivity index (χ3n) is 2.53. The Kier molecular flexibility index (Phi) is 7.53. The first kappa shape index (κ1) is 15.1. The first-order chi connectivity index (χ1) is 8.76. The highest BCUT2D eigenvalue weighted by atomic mass is 32.2. The summed E-state index contributed by atoms with van der Waals surface area (Å²) in [5.74, 6) is 0.969. The molecule has 0 saturated carbocycles. The van der Waals surface area contributed by atoms with E-state index in [1.807, 2.05) is 12.1 Å². The highest BCUT2D eigenvalue weighted by Gasteiger charge is 2.02. The number of nitrogens with one attached hydrogen (secondary N) is 1. The summed E-state index contributed by atoms with van der Waals surface area (Å²) in [6.45, 7) is 2.29. The molecule has 2 N–H and O–H groups in total. The zero-order valence-corrected chi connectivity index (χ0v) is 11.6. The third kappa shape index (κ3) is 6.07. The predicted octanol–water partition coefficient (Wildman–Crippen LogP) is 2.69. The number of thioether (sulfide) groups is 1. The fraction of sp³-hybridized carbons (Fsp3) is 0.500. The van der Waals surface area contributed by atoms with Gasteiger partial charge in [0.05, 0.1) is 12.4 Å². The Hall–Kier alpha value is -1.00. The zero-order chi connectivity index (χ0) is 13.2. The van der Waals surface area contributed by atoms with Crippen molar-refractivity contribution in [2.24, 2.45) is 0 Å². The van der Waals surface area contributed by atoms with Gasteiger partial charge in [0.1, 0.15) is 0 Å². The molecule has 0 saturated heterocycles. The maximum atomic E-state index is 11.5. The normalized spacial score (nSPS) is 10.3. The van der Waals surface area contributed by atoms with E-state index in [0.717, 1.165) is 12.1 Å². The van der Waals surface area contributed by atoms with Crippen LogP contribution in [-0.2, 0) is 11.2 Å². The molecule has 0 atom stereocenters. The van der Waals surface area contributed by atoms with Crippen molar-refractivity contribution in [2.45, 2.75) is 26.2 Å². The van der Waals surface area contributed by atoms with Gasteiger partial charge in [0.2, 0.25) is 5.91 Å². The zero-order valence-electron chi connectivity index (χ0n) is 10.8. The van der Waals surface area contributed by atoms with E-state index in [9.17, 15) is 4.79 Å². The Morgan fingerprint density at radius 1 is 1.33 bits per heavy atom. The fourth-order valence-corrected chi connectivity index (χ4v) is 2.09. The Bertz CT molecular complexity index is 351. The van der Waals surface area contributed by atoms with Crippen LogP contribution in [0.3, 0.4) is 0 Å². The number of benzene rings is 1. The molecule has 0 bridgehead atoms. The number of hydrogen-bond donors (Lipinski definition) is 2. The lowest BCUT2D eigenvalue weighted by atomic mass is 10.1. The molecule has 1 aromatic carbocycles. The van der Waals surface area contributed by atoms with E-state index in [-0.39, 0.29) is 12.5 Å². The van der Waals surface area contributed by atoms with Gasteiger partial charge in [-0.25, -0.2) is 0 Å². The summed E-state index contributed by atoms with van der Waals surface area (Å²) in [6.07, 6.45) is 3.49. The van der Waals surface area contributed by atoms with Gasteiger partial charge >= 0.3 is 0 Å². The number of amides is 1. The fourth-order valence-electron chi connectivity index (χ4n) is 1.56. The van der Waals surface area contributed by atoms with Crippen molar-refractivity contribution in [3.05, 3.63) is 29.8 Å². The van der Waals surface area contributed by atoms with Crippen molar-refractivity contribution >= 4 is 23.4 Å². The van der Waals surface area contributed by atoms with Crippen LogP contribution in [0.1, 0.15) is 25.3 Å². The average molecular weight is 267 g/mol. The molecule has 1 amide bonds. The number of hydrogen-bond acceptors (Lipinski definition) is 3. The second kappa shape index (κ2) is 9.00. The first-order valence-corrected chi connectivity index (χ1v) is 7.49. The number of rotatable bonds is 8. The van der Waals surface area contributed by atoms with Crippen LogP contribution in [0.5, 0.6) is 0 Å². The first-order valence-electron chi connectivity index (χ1n) is 6.33. The molecule has 18 heavy (non-hydrogen) atoms. The number of aliphatic hydroxyl groups excluding tert-OH is 1. The lowest BCUT2D eigenvalue weighted by Gasteiger charge is -2.06. The molecule has 0 aromatic heterocycles. The molecule has 0 aliphatic rings.